The van der Waals surface area contributed by atoms with Crippen molar-refractivity contribution in [2.45, 2.75) is 25.7 Å². The Hall–Kier alpha value is -3.11. The fourth-order valence-electron chi connectivity index (χ4n) is 3.50. The molecule has 1 fully saturated rings. The molecule has 0 radical (unpaired) electrons. The third-order valence-electron chi connectivity index (χ3n) is 5.09. The highest BCUT2D eigenvalue weighted by Gasteiger charge is 2.49. The maximum absolute atomic E-state index is 13.0. The molecule has 0 saturated carbocycles. The molecule has 1 aliphatic heterocycles. The molecule has 4 rings (SSSR count). The predicted octanol–water partition coefficient (Wildman–Crippen LogP) is 4.68. The van der Waals surface area contributed by atoms with Gasteiger partial charge in [0.2, 0.25) is 0 Å². The standard InChI is InChI=1S/C24H23NO3/c1-17-8-12-20(13-9-17)25-22(19-10-14-21(27-2)15-11-19)23(24(25)26)28-16-18-6-4-3-5-7-18/h3-15,22-23H,16H2,1-2H3. The molecule has 0 N–H and O–H groups in total. The van der Waals surface area contributed by atoms with Crippen molar-refractivity contribution < 1.29 is 14.3 Å². The maximum Gasteiger partial charge on any atom is 0.259 e. The minimum Gasteiger partial charge on any atom is -0.497 e. The average Bonchev–Trinajstić information content (AvgIpc) is 2.74. The number of carbonyl (C=O) groups is 1. The third kappa shape index (κ3) is 3.51. The van der Waals surface area contributed by atoms with Crippen molar-refractivity contribution >= 4 is 11.6 Å². The van der Waals surface area contributed by atoms with E-state index >= 15 is 0 Å². The van der Waals surface area contributed by atoms with E-state index in [1.54, 1.807) is 7.11 Å². The molecule has 0 spiro atoms. The molecule has 0 aliphatic carbocycles. The number of hydrogen-bond acceptors (Lipinski definition) is 3. The van der Waals surface area contributed by atoms with Crippen LogP contribution in [0, 0.1) is 6.92 Å². The van der Waals surface area contributed by atoms with Gasteiger partial charge in [0, 0.05) is 5.69 Å². The Labute approximate surface area is 165 Å². The first-order chi connectivity index (χ1) is 13.7. The fourth-order valence-corrected chi connectivity index (χ4v) is 3.50. The van der Waals surface area contributed by atoms with Crippen LogP contribution in [0.2, 0.25) is 0 Å². The van der Waals surface area contributed by atoms with E-state index in [0.717, 1.165) is 28.1 Å². The molecule has 1 saturated heterocycles. The van der Waals surface area contributed by atoms with Crippen LogP contribution in [0.25, 0.3) is 0 Å². The summed E-state index contributed by atoms with van der Waals surface area (Å²) in [5.41, 5.74) is 4.13. The second kappa shape index (κ2) is 7.87. The Kier molecular flexibility index (Phi) is 5.13. The van der Waals surface area contributed by atoms with E-state index in [-0.39, 0.29) is 11.9 Å². The molecule has 3 aromatic rings. The van der Waals surface area contributed by atoms with E-state index in [4.69, 9.17) is 9.47 Å². The van der Waals surface area contributed by atoms with Gasteiger partial charge in [0.05, 0.1) is 19.8 Å². The number of benzene rings is 3. The number of amides is 1. The molecule has 2 unspecified atom stereocenters. The zero-order valence-corrected chi connectivity index (χ0v) is 16.0. The fraction of sp³-hybridized carbons (Fsp3) is 0.208. The lowest BCUT2D eigenvalue weighted by molar-refractivity contribution is -0.143. The van der Waals surface area contributed by atoms with Crippen LogP contribution >= 0.6 is 0 Å². The number of carbonyl (C=O) groups excluding carboxylic acids is 1. The zero-order valence-electron chi connectivity index (χ0n) is 16.0. The van der Waals surface area contributed by atoms with Gasteiger partial charge in [-0.2, -0.15) is 0 Å². The van der Waals surface area contributed by atoms with Crippen molar-refractivity contribution in [3.8, 4) is 5.75 Å². The topological polar surface area (TPSA) is 38.8 Å². The lowest BCUT2D eigenvalue weighted by atomic mass is 9.89. The van der Waals surface area contributed by atoms with Crippen LogP contribution < -0.4 is 9.64 Å². The van der Waals surface area contributed by atoms with Gasteiger partial charge >= 0.3 is 0 Å². The molecule has 28 heavy (non-hydrogen) atoms. The lowest BCUT2D eigenvalue weighted by Gasteiger charge is -2.47. The minimum atomic E-state index is -0.505. The summed E-state index contributed by atoms with van der Waals surface area (Å²) in [7, 11) is 1.65. The Morgan fingerprint density at radius 3 is 2.21 bits per heavy atom. The quantitative estimate of drug-likeness (QED) is 0.589. The van der Waals surface area contributed by atoms with Gasteiger partial charge in [-0.3, -0.25) is 9.69 Å². The molecule has 4 heteroatoms. The maximum atomic E-state index is 13.0. The number of rotatable bonds is 6. The zero-order chi connectivity index (χ0) is 19.5. The van der Waals surface area contributed by atoms with Gasteiger partial charge in [-0.05, 0) is 42.3 Å². The van der Waals surface area contributed by atoms with Gasteiger partial charge in [0.25, 0.3) is 5.91 Å². The van der Waals surface area contributed by atoms with Crippen LogP contribution in [0.3, 0.4) is 0 Å². The van der Waals surface area contributed by atoms with E-state index in [9.17, 15) is 4.79 Å². The van der Waals surface area contributed by atoms with E-state index in [1.807, 2.05) is 90.7 Å². The summed E-state index contributed by atoms with van der Waals surface area (Å²) in [5, 5.41) is 0. The number of aryl methyl sites for hydroxylation is 1. The Bertz CT molecular complexity index is 936. The van der Waals surface area contributed by atoms with Crippen LogP contribution in [0.1, 0.15) is 22.7 Å². The molecule has 3 aromatic carbocycles. The number of β-lactam (4-membered cyclic amide) rings is 1. The van der Waals surface area contributed by atoms with Crippen molar-refractivity contribution in [1.29, 1.82) is 0 Å². The Morgan fingerprint density at radius 2 is 1.57 bits per heavy atom. The molecule has 1 aliphatic rings. The number of ether oxygens (including phenoxy) is 2. The van der Waals surface area contributed by atoms with Crippen molar-refractivity contribution in [1.82, 2.24) is 0 Å². The van der Waals surface area contributed by atoms with Crippen molar-refractivity contribution in [3.63, 3.8) is 0 Å². The predicted molar refractivity (Wildman–Crippen MR) is 109 cm³/mol. The first-order valence-corrected chi connectivity index (χ1v) is 9.36. The largest absolute Gasteiger partial charge is 0.497 e. The molecule has 1 heterocycles. The normalized spacial score (nSPS) is 18.6. The Morgan fingerprint density at radius 1 is 0.893 bits per heavy atom. The van der Waals surface area contributed by atoms with Gasteiger partial charge in [-0.25, -0.2) is 0 Å². The van der Waals surface area contributed by atoms with Crippen LogP contribution in [0.15, 0.2) is 78.9 Å². The molecule has 0 bridgehead atoms. The second-order valence-electron chi connectivity index (χ2n) is 6.98. The van der Waals surface area contributed by atoms with Gasteiger partial charge in [0.1, 0.15) is 5.75 Å². The SMILES string of the molecule is COc1ccc(C2C(OCc3ccccc3)C(=O)N2c2ccc(C)cc2)cc1. The van der Waals surface area contributed by atoms with Crippen molar-refractivity contribution in [3.05, 3.63) is 95.6 Å². The van der Waals surface area contributed by atoms with E-state index in [0.29, 0.717) is 6.61 Å². The third-order valence-corrected chi connectivity index (χ3v) is 5.09. The summed E-state index contributed by atoms with van der Waals surface area (Å²) in [5.74, 6) is 0.777. The highest BCUT2D eigenvalue weighted by atomic mass is 16.5. The van der Waals surface area contributed by atoms with Gasteiger partial charge in [0.15, 0.2) is 6.10 Å². The summed E-state index contributed by atoms with van der Waals surface area (Å²) < 4.78 is 11.3. The van der Waals surface area contributed by atoms with Gasteiger partial charge in [-0.1, -0.05) is 60.2 Å². The van der Waals surface area contributed by atoms with Crippen LogP contribution in [0.4, 0.5) is 5.69 Å². The van der Waals surface area contributed by atoms with Crippen LogP contribution in [0.5, 0.6) is 5.75 Å². The van der Waals surface area contributed by atoms with Crippen molar-refractivity contribution in [2.24, 2.45) is 0 Å². The van der Waals surface area contributed by atoms with E-state index in [2.05, 4.69) is 0 Å². The summed E-state index contributed by atoms with van der Waals surface area (Å²) >= 11 is 0. The molecule has 142 valence electrons. The number of nitrogens with zero attached hydrogens (tertiary/aromatic N) is 1. The highest BCUT2D eigenvalue weighted by molar-refractivity contribution is 6.05. The number of hydrogen-bond donors (Lipinski definition) is 0. The Balaban J connectivity index is 1.60. The smallest absolute Gasteiger partial charge is 0.259 e. The minimum absolute atomic E-state index is 0.0133. The molecule has 1 amide bonds. The highest BCUT2D eigenvalue weighted by Crippen LogP contribution is 2.41. The average molecular weight is 373 g/mol. The molecular weight excluding hydrogens is 350 g/mol. The van der Waals surface area contributed by atoms with Crippen molar-refractivity contribution in [2.75, 3.05) is 12.0 Å². The summed E-state index contributed by atoms with van der Waals surface area (Å²) in [6, 6.07) is 25.6. The summed E-state index contributed by atoms with van der Waals surface area (Å²) in [6.45, 7) is 2.44. The summed E-state index contributed by atoms with van der Waals surface area (Å²) in [6.07, 6.45) is -0.505. The van der Waals surface area contributed by atoms with Gasteiger partial charge < -0.3 is 9.47 Å². The number of methoxy groups -OCH3 is 1. The van der Waals surface area contributed by atoms with Crippen LogP contribution in [-0.2, 0) is 16.1 Å². The second-order valence-corrected chi connectivity index (χ2v) is 6.98. The first-order valence-electron chi connectivity index (χ1n) is 9.36. The lowest BCUT2D eigenvalue weighted by Crippen LogP contribution is -2.60. The molecule has 4 nitrogen and oxygen atoms in total. The summed E-state index contributed by atoms with van der Waals surface area (Å²) in [4.78, 5) is 14.8. The number of anilines is 1. The monoisotopic (exact) mass is 373 g/mol. The first kappa shape index (κ1) is 18.3. The molecule has 2 atom stereocenters. The van der Waals surface area contributed by atoms with Crippen LogP contribution in [-0.4, -0.2) is 19.1 Å². The van der Waals surface area contributed by atoms with E-state index < -0.39 is 6.10 Å². The van der Waals surface area contributed by atoms with E-state index in [1.165, 1.54) is 0 Å². The molecular formula is C24H23NO3. The molecule has 0 aromatic heterocycles. The van der Waals surface area contributed by atoms with Gasteiger partial charge in [-0.15, -0.1) is 0 Å².